The fraction of sp³-hybridized carbons (Fsp3) is 0.692. The van der Waals surface area contributed by atoms with E-state index in [1.807, 2.05) is 13.0 Å². The molecule has 0 radical (unpaired) electrons. The Morgan fingerprint density at radius 3 is 2.78 bits per heavy atom. The van der Waals surface area contributed by atoms with E-state index in [9.17, 15) is 15.0 Å². The van der Waals surface area contributed by atoms with Gasteiger partial charge in [0.2, 0.25) is 0 Å². The van der Waals surface area contributed by atoms with Gasteiger partial charge in [-0.3, -0.25) is 4.98 Å². The van der Waals surface area contributed by atoms with E-state index >= 15 is 0 Å². The predicted molar refractivity (Wildman–Crippen MR) is 122 cm³/mol. The molecule has 2 unspecified atom stereocenters. The molecule has 32 heavy (non-hydrogen) atoms. The van der Waals surface area contributed by atoms with Crippen LogP contribution >= 0.6 is 11.6 Å². The third-order valence-electron chi connectivity index (χ3n) is 9.99. The Balaban J connectivity index is 1.52. The summed E-state index contributed by atoms with van der Waals surface area (Å²) in [5.74, 6) is -0.202. The van der Waals surface area contributed by atoms with Gasteiger partial charge in [-0.2, -0.15) is 0 Å². The van der Waals surface area contributed by atoms with Gasteiger partial charge in [0, 0.05) is 18.3 Å². The predicted octanol–water partition coefficient (Wildman–Crippen LogP) is 4.80. The van der Waals surface area contributed by atoms with Crippen molar-refractivity contribution in [2.75, 3.05) is 0 Å². The molecule has 2 N–H and O–H groups in total. The maximum absolute atomic E-state index is 13.0. The lowest BCUT2D eigenvalue weighted by Crippen LogP contribution is -2.61. The van der Waals surface area contributed by atoms with E-state index in [0.29, 0.717) is 10.6 Å². The first-order valence-electron chi connectivity index (χ1n) is 12.0. The monoisotopic (exact) mass is 459 g/mol. The van der Waals surface area contributed by atoms with E-state index in [1.165, 1.54) is 12.4 Å². The summed E-state index contributed by atoms with van der Waals surface area (Å²) in [6.45, 7) is 7.96. The molecule has 2 bridgehead atoms. The van der Waals surface area contributed by atoms with E-state index in [2.05, 4.69) is 18.5 Å². The summed E-state index contributed by atoms with van der Waals surface area (Å²) in [6, 6.07) is 1.59. The summed E-state index contributed by atoms with van der Waals surface area (Å²) < 4.78 is 6.11. The van der Waals surface area contributed by atoms with Crippen molar-refractivity contribution in [3.05, 3.63) is 41.7 Å². The number of rotatable bonds is 3. The summed E-state index contributed by atoms with van der Waals surface area (Å²) >= 11 is 6.03. The molecule has 1 aromatic heterocycles. The van der Waals surface area contributed by atoms with Crippen molar-refractivity contribution in [1.29, 1.82) is 0 Å². The van der Waals surface area contributed by atoms with Crippen LogP contribution in [0.4, 0.5) is 0 Å². The second kappa shape index (κ2) is 7.54. The maximum atomic E-state index is 13.0. The van der Waals surface area contributed by atoms with Crippen molar-refractivity contribution in [2.45, 2.75) is 76.1 Å². The Morgan fingerprint density at radius 1 is 1.28 bits per heavy atom. The molecule has 5 aliphatic rings. The molecule has 0 saturated heterocycles. The van der Waals surface area contributed by atoms with Crippen LogP contribution in [-0.4, -0.2) is 38.5 Å². The molecule has 5 saturated carbocycles. The fourth-order valence-corrected chi connectivity index (χ4v) is 8.53. The molecule has 1 aromatic rings. The lowest BCUT2D eigenvalue weighted by molar-refractivity contribution is -0.208. The molecule has 0 aromatic carbocycles. The Morgan fingerprint density at radius 2 is 2.06 bits per heavy atom. The zero-order valence-electron chi connectivity index (χ0n) is 19.0. The van der Waals surface area contributed by atoms with Gasteiger partial charge in [-0.25, -0.2) is 4.79 Å². The number of pyridine rings is 1. The number of carbonyl (C=O) groups is 1. The van der Waals surface area contributed by atoms with E-state index < -0.39 is 17.2 Å². The number of esters is 1. The van der Waals surface area contributed by atoms with Crippen LogP contribution in [0.2, 0.25) is 5.02 Å². The molecule has 5 nitrogen and oxygen atoms in total. The number of halogens is 1. The summed E-state index contributed by atoms with van der Waals surface area (Å²) in [7, 11) is 0. The van der Waals surface area contributed by atoms with Crippen LogP contribution in [0.5, 0.6) is 0 Å². The number of nitrogens with zero attached hydrogens (tertiary/aromatic N) is 1. The number of fused-ring (bicyclic) bond motifs is 1. The zero-order chi connectivity index (χ0) is 22.9. The Labute approximate surface area is 195 Å². The van der Waals surface area contributed by atoms with Crippen molar-refractivity contribution in [3.63, 3.8) is 0 Å². The molecule has 1 heterocycles. The molecule has 174 valence electrons. The Bertz CT molecular complexity index is 934. The van der Waals surface area contributed by atoms with Crippen LogP contribution in [-0.2, 0) is 4.74 Å². The molecule has 5 aliphatic carbocycles. The van der Waals surface area contributed by atoms with Gasteiger partial charge in [0.15, 0.2) is 0 Å². The lowest BCUT2D eigenvalue weighted by Gasteiger charge is -2.54. The first kappa shape index (κ1) is 22.4. The lowest BCUT2D eigenvalue weighted by atomic mass is 9.52. The number of carbonyl (C=O) groups excluding carboxylic acids is 1. The summed E-state index contributed by atoms with van der Waals surface area (Å²) in [5.41, 5.74) is -2.11. The first-order chi connectivity index (χ1) is 15.1. The van der Waals surface area contributed by atoms with Gasteiger partial charge in [0.1, 0.15) is 6.10 Å². The fourth-order valence-electron chi connectivity index (χ4n) is 8.35. The van der Waals surface area contributed by atoms with Crippen LogP contribution in [0, 0.1) is 35.0 Å². The molecule has 6 heteroatoms. The van der Waals surface area contributed by atoms with Crippen molar-refractivity contribution in [2.24, 2.45) is 35.0 Å². The highest BCUT2D eigenvalue weighted by atomic mass is 35.5. The van der Waals surface area contributed by atoms with Crippen LogP contribution in [0.3, 0.4) is 0 Å². The molecule has 5 fully saturated rings. The van der Waals surface area contributed by atoms with Crippen LogP contribution in [0.1, 0.15) is 69.2 Å². The number of aliphatic hydroxyl groups is 2. The Hall–Kier alpha value is -1.43. The van der Waals surface area contributed by atoms with Gasteiger partial charge < -0.3 is 14.9 Å². The third kappa shape index (κ3) is 2.90. The molecular formula is C26H34ClNO4. The minimum absolute atomic E-state index is 0.0196. The van der Waals surface area contributed by atoms with E-state index in [-0.39, 0.29) is 41.1 Å². The van der Waals surface area contributed by atoms with Gasteiger partial charge in [-0.05, 0) is 87.0 Å². The van der Waals surface area contributed by atoms with Gasteiger partial charge in [-0.15, -0.1) is 6.58 Å². The molecular weight excluding hydrogens is 426 g/mol. The largest absolute Gasteiger partial charge is 0.458 e. The van der Waals surface area contributed by atoms with Crippen LogP contribution in [0.25, 0.3) is 0 Å². The number of aromatic nitrogens is 1. The van der Waals surface area contributed by atoms with Crippen molar-refractivity contribution < 1.29 is 19.7 Å². The van der Waals surface area contributed by atoms with Crippen LogP contribution in [0.15, 0.2) is 31.1 Å². The summed E-state index contributed by atoms with van der Waals surface area (Å²) in [5, 5.41) is 24.5. The Kier molecular flexibility index (Phi) is 5.27. The maximum Gasteiger partial charge on any atom is 0.340 e. The van der Waals surface area contributed by atoms with Gasteiger partial charge in [0.25, 0.3) is 0 Å². The number of hydrogen-bond donors (Lipinski definition) is 2. The average Bonchev–Trinajstić information content (AvgIpc) is 2.99. The number of ether oxygens (including phenoxy) is 1. The quantitative estimate of drug-likeness (QED) is 0.501. The minimum Gasteiger partial charge on any atom is -0.458 e. The average molecular weight is 460 g/mol. The highest BCUT2D eigenvalue weighted by Crippen LogP contribution is 2.71. The zero-order valence-corrected chi connectivity index (χ0v) is 19.7. The molecule has 0 aliphatic heterocycles. The van der Waals surface area contributed by atoms with Crippen LogP contribution < -0.4 is 0 Å². The van der Waals surface area contributed by atoms with Crippen molar-refractivity contribution in [3.8, 4) is 0 Å². The van der Waals surface area contributed by atoms with Crippen molar-refractivity contribution in [1.82, 2.24) is 4.98 Å². The topological polar surface area (TPSA) is 79.7 Å². The molecule has 1 spiro atoms. The third-order valence-corrected chi connectivity index (χ3v) is 10.2. The standard InChI is InChI=1S/C26H34ClNO4/c1-4-16-11-22-25-8-5-6-21(32-23(29)17-10-19(27)14-28-13-17)20(25)12-18(7-9-25)24(3,30)26(22,31)15(16)2/h4,10,13-16,18,20-22,30-31H,1,5-9,11-12H2,2-3H3/t15-,16-,18+,20?,21-,22?,24-,25-,26+/m0/s1. The van der Waals surface area contributed by atoms with E-state index in [0.717, 1.165) is 44.9 Å². The SMILES string of the molecule is C=C[C@H]1CC2[C@]34CCC[C@H](OC(=O)c5cncc(Cl)c5)C3C[C@@H](CC4)[C@](C)(O)[C@@]2(O)[C@H]1C. The van der Waals surface area contributed by atoms with Gasteiger partial charge >= 0.3 is 5.97 Å². The highest BCUT2D eigenvalue weighted by Gasteiger charge is 2.73. The molecule has 9 atom stereocenters. The second-order valence-electron chi connectivity index (χ2n) is 11.0. The van der Waals surface area contributed by atoms with Gasteiger partial charge in [-0.1, -0.05) is 24.6 Å². The summed E-state index contributed by atoms with van der Waals surface area (Å²) in [6.07, 6.45) is 11.0. The summed E-state index contributed by atoms with van der Waals surface area (Å²) in [4.78, 5) is 17.0. The van der Waals surface area contributed by atoms with E-state index in [1.54, 1.807) is 6.07 Å². The van der Waals surface area contributed by atoms with Crippen molar-refractivity contribution >= 4 is 17.6 Å². The smallest absolute Gasteiger partial charge is 0.340 e. The number of hydrogen-bond acceptors (Lipinski definition) is 5. The first-order valence-corrected chi connectivity index (χ1v) is 12.4. The molecule has 6 rings (SSSR count). The van der Waals surface area contributed by atoms with E-state index in [4.69, 9.17) is 16.3 Å². The number of allylic oxidation sites excluding steroid dienone is 1. The highest BCUT2D eigenvalue weighted by molar-refractivity contribution is 6.30. The second-order valence-corrected chi connectivity index (χ2v) is 11.4. The van der Waals surface area contributed by atoms with Gasteiger partial charge in [0.05, 0.1) is 21.8 Å². The minimum atomic E-state index is -1.18. The molecule has 0 amide bonds. The normalized spacial score (nSPS) is 47.3.